The van der Waals surface area contributed by atoms with Gasteiger partial charge in [0.1, 0.15) is 0 Å². The molecule has 11 heavy (non-hydrogen) atoms. The molecule has 0 aliphatic heterocycles. The molecule has 1 aliphatic rings. The minimum Gasteiger partial charge on any atom is -0.396 e. The standard InChI is InChI=1S/C10H14O/c1-9-3-2-4-10(6-5-9)7-8-11/h2-4,6,11H,5,7-8H2,1H3. The van der Waals surface area contributed by atoms with Gasteiger partial charge in [-0.3, -0.25) is 0 Å². The summed E-state index contributed by atoms with van der Waals surface area (Å²) in [5.41, 5.74) is 2.61. The van der Waals surface area contributed by atoms with E-state index in [2.05, 4.69) is 25.2 Å². The monoisotopic (exact) mass is 150 g/mol. The van der Waals surface area contributed by atoms with Gasteiger partial charge in [-0.2, -0.15) is 0 Å². The van der Waals surface area contributed by atoms with Crippen molar-refractivity contribution in [2.75, 3.05) is 6.61 Å². The van der Waals surface area contributed by atoms with E-state index in [4.69, 9.17) is 5.11 Å². The van der Waals surface area contributed by atoms with Crippen molar-refractivity contribution in [1.82, 2.24) is 0 Å². The maximum absolute atomic E-state index is 8.68. The highest BCUT2D eigenvalue weighted by Gasteiger charge is 1.94. The predicted octanol–water partition coefficient (Wildman–Crippen LogP) is 2.20. The molecule has 0 heterocycles. The Bertz CT molecular complexity index is 209. The first-order valence-electron chi connectivity index (χ1n) is 3.96. The molecule has 0 aromatic rings. The maximum Gasteiger partial charge on any atom is 0.0471 e. The molecule has 0 fully saturated rings. The van der Waals surface area contributed by atoms with Gasteiger partial charge in [0.2, 0.25) is 0 Å². The Balaban J connectivity index is 2.58. The van der Waals surface area contributed by atoms with Crippen LogP contribution in [-0.2, 0) is 0 Å². The van der Waals surface area contributed by atoms with Crippen molar-refractivity contribution in [2.24, 2.45) is 0 Å². The summed E-state index contributed by atoms with van der Waals surface area (Å²) in [6.07, 6.45) is 10.2. The molecule has 1 rings (SSSR count). The van der Waals surface area contributed by atoms with Crippen LogP contribution in [0.25, 0.3) is 0 Å². The second kappa shape index (κ2) is 4.14. The second-order valence-electron chi connectivity index (χ2n) is 2.83. The van der Waals surface area contributed by atoms with Crippen molar-refractivity contribution >= 4 is 0 Å². The van der Waals surface area contributed by atoms with Gasteiger partial charge in [-0.25, -0.2) is 0 Å². The average Bonchev–Trinajstić information content (AvgIpc) is 2.17. The minimum atomic E-state index is 0.245. The number of hydrogen-bond acceptors (Lipinski definition) is 1. The quantitative estimate of drug-likeness (QED) is 0.639. The van der Waals surface area contributed by atoms with Gasteiger partial charge >= 0.3 is 0 Å². The predicted molar refractivity (Wildman–Crippen MR) is 47.3 cm³/mol. The van der Waals surface area contributed by atoms with Crippen molar-refractivity contribution in [3.8, 4) is 0 Å². The highest BCUT2D eigenvalue weighted by molar-refractivity contribution is 5.29. The minimum absolute atomic E-state index is 0.245. The molecule has 1 aliphatic carbocycles. The normalized spacial score (nSPS) is 17.3. The molecule has 0 radical (unpaired) electrons. The van der Waals surface area contributed by atoms with Crippen molar-refractivity contribution in [2.45, 2.75) is 19.8 Å². The number of rotatable bonds is 2. The Morgan fingerprint density at radius 1 is 1.55 bits per heavy atom. The van der Waals surface area contributed by atoms with Gasteiger partial charge in [0.15, 0.2) is 0 Å². The van der Waals surface area contributed by atoms with E-state index in [1.807, 2.05) is 6.08 Å². The fraction of sp³-hybridized carbons (Fsp3) is 0.400. The van der Waals surface area contributed by atoms with Crippen LogP contribution in [0, 0.1) is 0 Å². The van der Waals surface area contributed by atoms with Crippen LogP contribution in [0.3, 0.4) is 0 Å². The summed E-state index contributed by atoms with van der Waals surface area (Å²) in [5, 5.41) is 8.68. The van der Waals surface area contributed by atoms with Crippen molar-refractivity contribution in [3.63, 3.8) is 0 Å². The van der Waals surface area contributed by atoms with Crippen LogP contribution >= 0.6 is 0 Å². The number of allylic oxidation sites excluding steroid dienone is 5. The second-order valence-corrected chi connectivity index (χ2v) is 2.83. The van der Waals surface area contributed by atoms with Crippen LogP contribution < -0.4 is 0 Å². The summed E-state index contributed by atoms with van der Waals surface area (Å²) < 4.78 is 0. The van der Waals surface area contributed by atoms with Gasteiger partial charge in [-0.15, -0.1) is 0 Å². The Labute approximate surface area is 67.7 Å². The first-order valence-corrected chi connectivity index (χ1v) is 3.96. The lowest BCUT2D eigenvalue weighted by atomic mass is 10.1. The number of aliphatic hydroxyl groups excluding tert-OH is 1. The van der Waals surface area contributed by atoms with Crippen molar-refractivity contribution in [1.29, 1.82) is 0 Å². The smallest absolute Gasteiger partial charge is 0.0471 e. The Kier molecular flexibility index (Phi) is 3.12. The molecule has 0 atom stereocenters. The van der Waals surface area contributed by atoms with Crippen molar-refractivity contribution < 1.29 is 5.11 Å². The van der Waals surface area contributed by atoms with Crippen LogP contribution in [-0.4, -0.2) is 11.7 Å². The summed E-state index contributed by atoms with van der Waals surface area (Å²) >= 11 is 0. The molecule has 0 spiro atoms. The molecule has 60 valence electrons. The van der Waals surface area contributed by atoms with E-state index in [9.17, 15) is 0 Å². The summed E-state index contributed by atoms with van der Waals surface area (Å²) in [7, 11) is 0. The van der Waals surface area contributed by atoms with E-state index in [0.29, 0.717) is 0 Å². The Morgan fingerprint density at radius 3 is 3.09 bits per heavy atom. The molecule has 0 unspecified atom stereocenters. The lowest BCUT2D eigenvalue weighted by molar-refractivity contribution is 0.300. The average molecular weight is 150 g/mol. The molecule has 0 aromatic heterocycles. The molecular weight excluding hydrogens is 136 g/mol. The maximum atomic E-state index is 8.68. The highest BCUT2D eigenvalue weighted by Crippen LogP contribution is 2.12. The molecular formula is C10H14O. The lowest BCUT2D eigenvalue weighted by Crippen LogP contribution is -1.84. The molecule has 1 nitrogen and oxygen atoms in total. The Morgan fingerprint density at radius 2 is 2.36 bits per heavy atom. The van der Waals surface area contributed by atoms with E-state index < -0.39 is 0 Å². The Hall–Kier alpha value is -0.820. The van der Waals surface area contributed by atoms with Gasteiger partial charge in [-0.05, 0) is 25.3 Å². The van der Waals surface area contributed by atoms with Gasteiger partial charge in [-0.1, -0.05) is 29.9 Å². The van der Waals surface area contributed by atoms with Gasteiger partial charge in [0.05, 0.1) is 0 Å². The first kappa shape index (κ1) is 8.28. The summed E-state index contributed by atoms with van der Waals surface area (Å²) in [6.45, 7) is 2.36. The van der Waals surface area contributed by atoms with E-state index in [1.165, 1.54) is 11.1 Å². The van der Waals surface area contributed by atoms with Crippen LogP contribution in [0.2, 0.25) is 0 Å². The van der Waals surface area contributed by atoms with Crippen LogP contribution in [0.15, 0.2) is 35.5 Å². The zero-order valence-corrected chi connectivity index (χ0v) is 6.88. The third-order valence-corrected chi connectivity index (χ3v) is 1.78. The molecule has 0 amide bonds. The molecule has 0 saturated carbocycles. The summed E-state index contributed by atoms with van der Waals surface area (Å²) in [5.74, 6) is 0. The molecule has 0 aromatic carbocycles. The largest absolute Gasteiger partial charge is 0.396 e. The van der Waals surface area contributed by atoms with E-state index in [-0.39, 0.29) is 6.61 Å². The number of hydrogen-bond donors (Lipinski definition) is 1. The van der Waals surface area contributed by atoms with Gasteiger partial charge in [0.25, 0.3) is 0 Å². The van der Waals surface area contributed by atoms with E-state index in [1.54, 1.807) is 0 Å². The van der Waals surface area contributed by atoms with Gasteiger partial charge in [0, 0.05) is 6.61 Å². The zero-order chi connectivity index (χ0) is 8.10. The fourth-order valence-corrected chi connectivity index (χ4v) is 1.08. The van der Waals surface area contributed by atoms with Crippen LogP contribution in [0.4, 0.5) is 0 Å². The lowest BCUT2D eigenvalue weighted by Gasteiger charge is -1.96. The molecule has 1 N–H and O–H groups in total. The molecule has 1 heteroatoms. The fourth-order valence-electron chi connectivity index (χ4n) is 1.08. The van der Waals surface area contributed by atoms with Gasteiger partial charge < -0.3 is 5.11 Å². The third kappa shape index (κ3) is 2.72. The third-order valence-electron chi connectivity index (χ3n) is 1.78. The SMILES string of the molecule is CC1=CC=CC(CCO)=CC1. The topological polar surface area (TPSA) is 20.2 Å². The summed E-state index contributed by atoms with van der Waals surface area (Å²) in [4.78, 5) is 0. The highest BCUT2D eigenvalue weighted by atomic mass is 16.2. The number of aliphatic hydroxyl groups is 1. The molecule has 0 bridgehead atoms. The van der Waals surface area contributed by atoms with Crippen LogP contribution in [0.1, 0.15) is 19.8 Å². The first-order chi connectivity index (χ1) is 5.33. The zero-order valence-electron chi connectivity index (χ0n) is 6.88. The molecule has 0 saturated heterocycles. The van der Waals surface area contributed by atoms with Crippen LogP contribution in [0.5, 0.6) is 0 Å². The van der Waals surface area contributed by atoms with E-state index >= 15 is 0 Å². The van der Waals surface area contributed by atoms with Crippen molar-refractivity contribution in [3.05, 3.63) is 35.5 Å². The summed E-state index contributed by atoms with van der Waals surface area (Å²) in [6, 6.07) is 0. The van der Waals surface area contributed by atoms with E-state index in [0.717, 1.165) is 12.8 Å².